The maximum atomic E-state index is 12.4. The summed E-state index contributed by atoms with van der Waals surface area (Å²) in [6, 6.07) is 5.24. The van der Waals surface area contributed by atoms with E-state index in [2.05, 4.69) is 15.1 Å². The zero-order chi connectivity index (χ0) is 14.8. The molecule has 20 heavy (non-hydrogen) atoms. The Morgan fingerprint density at radius 1 is 1.45 bits per heavy atom. The SMILES string of the molecule is CCC(C)CNS(=O)(=O)c1c(NN)nc2ccccn12. The van der Waals surface area contributed by atoms with E-state index in [4.69, 9.17) is 5.84 Å². The third-order valence-electron chi connectivity index (χ3n) is 3.20. The van der Waals surface area contributed by atoms with Crippen LogP contribution in [0.2, 0.25) is 0 Å². The first kappa shape index (κ1) is 14.8. The molecule has 0 saturated carbocycles. The average molecular weight is 297 g/mol. The first-order chi connectivity index (χ1) is 9.49. The topological polar surface area (TPSA) is 102 Å². The van der Waals surface area contributed by atoms with Crippen molar-refractivity contribution in [1.29, 1.82) is 0 Å². The Labute approximate surface area is 118 Å². The van der Waals surface area contributed by atoms with E-state index in [0.29, 0.717) is 12.2 Å². The quantitative estimate of drug-likeness (QED) is 0.544. The zero-order valence-corrected chi connectivity index (χ0v) is 12.3. The van der Waals surface area contributed by atoms with Crippen LogP contribution in [0.15, 0.2) is 29.4 Å². The van der Waals surface area contributed by atoms with Gasteiger partial charge in [0.05, 0.1) is 0 Å². The molecule has 4 N–H and O–H groups in total. The normalized spacial score (nSPS) is 13.6. The molecule has 0 fully saturated rings. The van der Waals surface area contributed by atoms with Crippen LogP contribution < -0.4 is 16.0 Å². The fourth-order valence-corrected chi connectivity index (χ4v) is 3.20. The molecule has 0 aliphatic rings. The molecular weight excluding hydrogens is 278 g/mol. The summed E-state index contributed by atoms with van der Waals surface area (Å²) in [6.45, 7) is 4.38. The lowest BCUT2D eigenvalue weighted by Gasteiger charge is -2.11. The maximum absolute atomic E-state index is 12.4. The van der Waals surface area contributed by atoms with Crippen LogP contribution in [-0.4, -0.2) is 24.3 Å². The molecule has 0 aliphatic heterocycles. The summed E-state index contributed by atoms with van der Waals surface area (Å²) in [7, 11) is -3.68. The molecule has 0 aromatic carbocycles. The first-order valence-corrected chi connectivity index (χ1v) is 7.91. The predicted octanol–water partition coefficient (Wildman–Crippen LogP) is 0.944. The van der Waals surface area contributed by atoms with Crippen LogP contribution in [0.3, 0.4) is 0 Å². The van der Waals surface area contributed by atoms with Gasteiger partial charge in [-0.3, -0.25) is 4.40 Å². The van der Waals surface area contributed by atoms with Crippen LogP contribution in [0.5, 0.6) is 0 Å². The Morgan fingerprint density at radius 2 is 2.20 bits per heavy atom. The molecule has 2 heterocycles. The highest BCUT2D eigenvalue weighted by atomic mass is 32.2. The van der Waals surface area contributed by atoms with Gasteiger partial charge in [-0.1, -0.05) is 26.3 Å². The second kappa shape index (κ2) is 5.78. The van der Waals surface area contributed by atoms with Crippen LogP contribution in [-0.2, 0) is 10.0 Å². The lowest BCUT2D eigenvalue weighted by molar-refractivity contribution is 0.526. The minimum Gasteiger partial charge on any atom is -0.306 e. The highest BCUT2D eigenvalue weighted by Crippen LogP contribution is 2.21. The molecule has 0 aliphatic carbocycles. The van der Waals surface area contributed by atoms with Crippen molar-refractivity contribution < 1.29 is 8.42 Å². The van der Waals surface area contributed by atoms with Gasteiger partial charge in [-0.25, -0.2) is 24.0 Å². The summed E-state index contributed by atoms with van der Waals surface area (Å²) >= 11 is 0. The molecule has 2 rings (SSSR count). The third kappa shape index (κ3) is 2.77. The van der Waals surface area contributed by atoms with E-state index in [1.165, 1.54) is 4.40 Å². The molecule has 2 aromatic heterocycles. The molecule has 0 spiro atoms. The fraction of sp³-hybridized carbons (Fsp3) is 0.417. The van der Waals surface area contributed by atoms with Gasteiger partial charge in [0.1, 0.15) is 5.65 Å². The first-order valence-electron chi connectivity index (χ1n) is 6.43. The molecule has 8 heteroatoms. The summed E-state index contributed by atoms with van der Waals surface area (Å²) in [6.07, 6.45) is 2.54. The van der Waals surface area contributed by atoms with E-state index in [9.17, 15) is 8.42 Å². The van der Waals surface area contributed by atoms with E-state index in [0.717, 1.165) is 6.42 Å². The van der Waals surface area contributed by atoms with E-state index in [-0.39, 0.29) is 16.8 Å². The van der Waals surface area contributed by atoms with Crippen molar-refractivity contribution >= 4 is 21.5 Å². The van der Waals surface area contributed by atoms with Gasteiger partial charge < -0.3 is 5.43 Å². The van der Waals surface area contributed by atoms with Crippen molar-refractivity contribution in [2.45, 2.75) is 25.3 Å². The highest BCUT2D eigenvalue weighted by molar-refractivity contribution is 7.89. The predicted molar refractivity (Wildman–Crippen MR) is 77.6 cm³/mol. The van der Waals surface area contributed by atoms with Crippen molar-refractivity contribution in [2.24, 2.45) is 11.8 Å². The third-order valence-corrected chi connectivity index (χ3v) is 4.64. The van der Waals surface area contributed by atoms with Crippen molar-refractivity contribution in [2.75, 3.05) is 12.0 Å². The number of nitrogens with zero attached hydrogens (tertiary/aromatic N) is 2. The molecule has 2 aromatic rings. The monoisotopic (exact) mass is 297 g/mol. The summed E-state index contributed by atoms with van der Waals surface area (Å²) in [4.78, 5) is 4.15. The molecule has 1 atom stereocenters. The van der Waals surface area contributed by atoms with Crippen molar-refractivity contribution in [1.82, 2.24) is 14.1 Å². The number of fused-ring (bicyclic) bond motifs is 1. The zero-order valence-electron chi connectivity index (χ0n) is 11.5. The lowest BCUT2D eigenvalue weighted by atomic mass is 10.1. The number of hydrazine groups is 1. The summed E-state index contributed by atoms with van der Waals surface area (Å²) in [5, 5.41) is 0.0268. The molecule has 7 nitrogen and oxygen atoms in total. The minimum atomic E-state index is -3.68. The molecule has 0 saturated heterocycles. The summed E-state index contributed by atoms with van der Waals surface area (Å²) in [5.74, 6) is 5.77. The number of nitrogens with two attached hydrogens (primary N) is 1. The van der Waals surface area contributed by atoms with Crippen molar-refractivity contribution in [3.63, 3.8) is 0 Å². The Hall–Kier alpha value is -1.64. The van der Waals surface area contributed by atoms with E-state index < -0.39 is 10.0 Å². The molecule has 1 unspecified atom stereocenters. The largest absolute Gasteiger partial charge is 0.306 e. The van der Waals surface area contributed by atoms with Gasteiger partial charge in [-0.05, 0) is 18.1 Å². The minimum absolute atomic E-state index is 0.0268. The number of nitrogen functional groups attached to an aromatic ring is 1. The molecule has 110 valence electrons. The Bertz CT molecular complexity index is 695. The lowest BCUT2D eigenvalue weighted by Crippen LogP contribution is -2.30. The summed E-state index contributed by atoms with van der Waals surface area (Å²) in [5.41, 5.74) is 2.86. The average Bonchev–Trinajstić information content (AvgIpc) is 2.84. The molecule has 0 bridgehead atoms. The van der Waals surface area contributed by atoms with E-state index in [1.807, 2.05) is 13.8 Å². The molecule has 0 radical (unpaired) electrons. The van der Waals surface area contributed by atoms with E-state index in [1.54, 1.807) is 24.4 Å². The van der Waals surface area contributed by atoms with Gasteiger partial charge in [0, 0.05) is 12.7 Å². The van der Waals surface area contributed by atoms with Gasteiger partial charge >= 0.3 is 0 Å². The second-order valence-corrected chi connectivity index (χ2v) is 6.39. The van der Waals surface area contributed by atoms with Crippen LogP contribution in [0.25, 0.3) is 5.65 Å². The number of hydrogen-bond donors (Lipinski definition) is 3. The molecular formula is C12H19N5O2S. The number of hydrogen-bond acceptors (Lipinski definition) is 5. The van der Waals surface area contributed by atoms with Gasteiger partial charge in [0.15, 0.2) is 10.8 Å². The summed E-state index contributed by atoms with van der Waals surface area (Å²) < 4.78 is 29.0. The second-order valence-electron chi connectivity index (χ2n) is 4.70. The number of rotatable bonds is 6. The van der Waals surface area contributed by atoms with Gasteiger partial charge in [-0.2, -0.15) is 0 Å². The standard InChI is InChI=1S/C12H19N5O2S/c1-3-9(2)8-14-20(18,19)12-11(16-13)15-10-6-4-5-7-17(10)12/h4-7,9,14,16H,3,8,13H2,1-2H3. The number of nitrogens with one attached hydrogen (secondary N) is 2. The highest BCUT2D eigenvalue weighted by Gasteiger charge is 2.24. The smallest absolute Gasteiger partial charge is 0.260 e. The van der Waals surface area contributed by atoms with Crippen molar-refractivity contribution in [3.05, 3.63) is 24.4 Å². The van der Waals surface area contributed by atoms with Crippen LogP contribution in [0.4, 0.5) is 5.82 Å². The Kier molecular flexibility index (Phi) is 4.26. The van der Waals surface area contributed by atoms with Crippen LogP contribution >= 0.6 is 0 Å². The van der Waals surface area contributed by atoms with Crippen LogP contribution in [0.1, 0.15) is 20.3 Å². The Balaban J connectivity index is 2.45. The van der Waals surface area contributed by atoms with Gasteiger partial charge in [-0.15, -0.1) is 0 Å². The number of imidazole rings is 1. The fourth-order valence-electron chi connectivity index (χ4n) is 1.79. The Morgan fingerprint density at radius 3 is 2.85 bits per heavy atom. The van der Waals surface area contributed by atoms with Crippen LogP contribution in [0, 0.1) is 5.92 Å². The number of pyridine rings is 1. The van der Waals surface area contributed by atoms with E-state index >= 15 is 0 Å². The number of sulfonamides is 1. The number of aromatic nitrogens is 2. The van der Waals surface area contributed by atoms with Gasteiger partial charge in [0.2, 0.25) is 0 Å². The maximum Gasteiger partial charge on any atom is 0.260 e. The molecule has 0 amide bonds. The number of anilines is 1. The van der Waals surface area contributed by atoms with Crippen molar-refractivity contribution in [3.8, 4) is 0 Å². The van der Waals surface area contributed by atoms with Gasteiger partial charge in [0.25, 0.3) is 10.0 Å².